The standard InChI is InChI=1S/C21H21N5O3S/c1-4-29-15-8-9-17-18(11-15)30-21(23-17)26(12-14-7-5-6-10-22-14)20(27)16-13-25(2)24-19(16)28-3/h5-11,13H,4,12H2,1-3H3. The summed E-state index contributed by atoms with van der Waals surface area (Å²) in [5, 5.41) is 4.78. The van der Waals surface area contributed by atoms with Gasteiger partial charge >= 0.3 is 0 Å². The second kappa shape index (κ2) is 8.50. The van der Waals surface area contributed by atoms with Gasteiger partial charge in [0.25, 0.3) is 5.91 Å². The molecule has 0 unspecified atom stereocenters. The van der Waals surface area contributed by atoms with Gasteiger partial charge in [0.1, 0.15) is 11.3 Å². The average molecular weight is 423 g/mol. The zero-order chi connectivity index (χ0) is 21.1. The fourth-order valence-corrected chi connectivity index (χ4v) is 4.05. The molecule has 4 aromatic rings. The van der Waals surface area contributed by atoms with E-state index in [2.05, 4.69) is 10.1 Å². The van der Waals surface area contributed by atoms with Crippen molar-refractivity contribution in [1.82, 2.24) is 19.7 Å². The van der Waals surface area contributed by atoms with Gasteiger partial charge in [0.2, 0.25) is 5.88 Å². The first-order chi connectivity index (χ1) is 14.6. The summed E-state index contributed by atoms with van der Waals surface area (Å²) in [6, 6.07) is 11.3. The second-order valence-corrected chi connectivity index (χ2v) is 7.51. The van der Waals surface area contributed by atoms with Crippen LogP contribution in [0.1, 0.15) is 23.0 Å². The molecule has 0 fully saturated rings. The molecular formula is C21H21N5O3S. The lowest BCUT2D eigenvalue weighted by atomic mass is 10.2. The first-order valence-electron chi connectivity index (χ1n) is 9.42. The number of fused-ring (bicyclic) bond motifs is 1. The van der Waals surface area contributed by atoms with E-state index in [-0.39, 0.29) is 18.3 Å². The Kier molecular flexibility index (Phi) is 5.62. The van der Waals surface area contributed by atoms with Crippen LogP contribution in [0.4, 0.5) is 5.13 Å². The van der Waals surface area contributed by atoms with E-state index in [1.165, 1.54) is 18.4 Å². The van der Waals surface area contributed by atoms with Gasteiger partial charge in [-0.1, -0.05) is 17.4 Å². The Bertz CT molecular complexity index is 1170. The first-order valence-corrected chi connectivity index (χ1v) is 10.2. The second-order valence-electron chi connectivity index (χ2n) is 6.50. The van der Waals surface area contributed by atoms with Crippen LogP contribution in [0.2, 0.25) is 0 Å². The van der Waals surface area contributed by atoms with Crippen molar-refractivity contribution in [3.05, 3.63) is 60.0 Å². The van der Waals surface area contributed by atoms with Crippen molar-refractivity contribution in [2.75, 3.05) is 18.6 Å². The number of methoxy groups -OCH3 is 1. The van der Waals surface area contributed by atoms with Gasteiger partial charge in [-0.05, 0) is 37.3 Å². The number of benzene rings is 1. The molecule has 1 aromatic carbocycles. The van der Waals surface area contributed by atoms with Crippen LogP contribution in [0.5, 0.6) is 11.6 Å². The molecule has 8 nitrogen and oxygen atoms in total. The largest absolute Gasteiger partial charge is 0.494 e. The lowest BCUT2D eigenvalue weighted by Crippen LogP contribution is -2.30. The summed E-state index contributed by atoms with van der Waals surface area (Å²) >= 11 is 1.43. The molecule has 0 saturated heterocycles. The number of amides is 1. The molecule has 3 heterocycles. The molecular weight excluding hydrogens is 402 g/mol. The minimum atomic E-state index is -0.255. The number of carbonyl (C=O) groups is 1. The van der Waals surface area contributed by atoms with Gasteiger partial charge in [0.05, 0.1) is 36.2 Å². The number of nitrogens with zero attached hydrogens (tertiary/aromatic N) is 5. The first kappa shape index (κ1) is 19.8. The summed E-state index contributed by atoms with van der Waals surface area (Å²) < 4.78 is 13.4. The van der Waals surface area contributed by atoms with E-state index in [0.717, 1.165) is 21.7 Å². The van der Waals surface area contributed by atoms with E-state index < -0.39 is 0 Å². The van der Waals surface area contributed by atoms with Gasteiger partial charge in [0, 0.05) is 19.4 Å². The summed E-state index contributed by atoms with van der Waals surface area (Å²) in [7, 11) is 3.24. The van der Waals surface area contributed by atoms with Crippen LogP contribution in [0, 0.1) is 0 Å². The zero-order valence-corrected chi connectivity index (χ0v) is 17.7. The van der Waals surface area contributed by atoms with Crippen LogP contribution in [-0.2, 0) is 13.6 Å². The molecule has 9 heteroatoms. The van der Waals surface area contributed by atoms with Crippen molar-refractivity contribution in [3.8, 4) is 11.6 Å². The molecule has 4 rings (SSSR count). The smallest absolute Gasteiger partial charge is 0.267 e. The van der Waals surface area contributed by atoms with Crippen LogP contribution < -0.4 is 14.4 Å². The molecule has 3 aromatic heterocycles. The number of hydrogen-bond acceptors (Lipinski definition) is 7. The lowest BCUT2D eigenvalue weighted by molar-refractivity contribution is 0.0982. The van der Waals surface area contributed by atoms with Gasteiger partial charge < -0.3 is 9.47 Å². The summed E-state index contributed by atoms with van der Waals surface area (Å²) in [6.07, 6.45) is 3.35. The molecule has 0 bridgehead atoms. The van der Waals surface area contributed by atoms with Gasteiger partial charge in [-0.3, -0.25) is 19.4 Å². The predicted octanol–water partition coefficient (Wildman–Crippen LogP) is 3.68. The Labute approximate surface area is 177 Å². The lowest BCUT2D eigenvalue weighted by Gasteiger charge is -2.19. The zero-order valence-electron chi connectivity index (χ0n) is 16.9. The van der Waals surface area contributed by atoms with Crippen LogP contribution in [-0.4, -0.2) is 39.4 Å². The highest BCUT2D eigenvalue weighted by atomic mass is 32.1. The maximum Gasteiger partial charge on any atom is 0.267 e. The minimum absolute atomic E-state index is 0.255. The van der Waals surface area contributed by atoms with Crippen LogP contribution in [0.15, 0.2) is 48.8 Å². The monoisotopic (exact) mass is 423 g/mol. The summed E-state index contributed by atoms with van der Waals surface area (Å²) in [5.41, 5.74) is 1.92. The molecule has 0 aliphatic carbocycles. The Balaban J connectivity index is 1.76. The van der Waals surface area contributed by atoms with Crippen molar-refractivity contribution < 1.29 is 14.3 Å². The van der Waals surface area contributed by atoms with Crippen molar-refractivity contribution in [3.63, 3.8) is 0 Å². The topological polar surface area (TPSA) is 82.4 Å². The Hall–Kier alpha value is -3.46. The number of thiazole rings is 1. The molecule has 0 aliphatic heterocycles. The number of anilines is 1. The number of aromatic nitrogens is 4. The molecule has 0 atom stereocenters. The van der Waals surface area contributed by atoms with Crippen molar-refractivity contribution >= 4 is 32.6 Å². The summed E-state index contributed by atoms with van der Waals surface area (Å²) in [4.78, 5) is 24.2. The van der Waals surface area contributed by atoms with Crippen LogP contribution >= 0.6 is 11.3 Å². The predicted molar refractivity (Wildman–Crippen MR) is 115 cm³/mol. The molecule has 0 N–H and O–H groups in total. The Morgan fingerprint density at radius 1 is 1.27 bits per heavy atom. The third-order valence-electron chi connectivity index (χ3n) is 4.40. The highest BCUT2D eigenvalue weighted by molar-refractivity contribution is 7.22. The maximum absolute atomic E-state index is 13.5. The summed E-state index contributed by atoms with van der Waals surface area (Å²) in [5.74, 6) is 0.791. The molecule has 0 saturated carbocycles. The molecule has 1 amide bonds. The van der Waals surface area contributed by atoms with Gasteiger partial charge in [-0.2, -0.15) is 0 Å². The van der Waals surface area contributed by atoms with Crippen molar-refractivity contribution in [1.29, 1.82) is 0 Å². The third kappa shape index (κ3) is 3.97. The van der Waals surface area contributed by atoms with Gasteiger partial charge in [-0.25, -0.2) is 4.98 Å². The summed E-state index contributed by atoms with van der Waals surface area (Å²) in [6.45, 7) is 2.80. The molecule has 154 valence electrons. The number of ether oxygens (including phenoxy) is 2. The highest BCUT2D eigenvalue weighted by Gasteiger charge is 2.27. The van der Waals surface area contributed by atoms with Crippen LogP contribution in [0.25, 0.3) is 10.2 Å². The Morgan fingerprint density at radius 2 is 2.13 bits per heavy atom. The van der Waals surface area contributed by atoms with E-state index >= 15 is 0 Å². The van der Waals surface area contributed by atoms with E-state index in [0.29, 0.717) is 17.3 Å². The van der Waals surface area contributed by atoms with E-state index in [4.69, 9.17) is 14.5 Å². The van der Waals surface area contributed by atoms with E-state index in [9.17, 15) is 4.79 Å². The Morgan fingerprint density at radius 3 is 2.87 bits per heavy atom. The van der Waals surface area contributed by atoms with E-state index in [1.807, 2.05) is 43.3 Å². The number of pyridine rings is 1. The SMILES string of the molecule is CCOc1ccc2nc(N(Cc3ccccn3)C(=O)c3cn(C)nc3OC)sc2c1. The minimum Gasteiger partial charge on any atom is -0.494 e. The fraction of sp³-hybridized carbons (Fsp3) is 0.238. The third-order valence-corrected chi connectivity index (χ3v) is 5.44. The van der Waals surface area contributed by atoms with E-state index in [1.54, 1.807) is 29.0 Å². The van der Waals surface area contributed by atoms with Crippen molar-refractivity contribution in [2.24, 2.45) is 7.05 Å². The number of aryl methyl sites for hydroxylation is 1. The molecule has 0 spiro atoms. The van der Waals surface area contributed by atoms with Gasteiger partial charge in [0.15, 0.2) is 5.13 Å². The van der Waals surface area contributed by atoms with Gasteiger partial charge in [-0.15, -0.1) is 5.10 Å². The normalized spacial score (nSPS) is 10.9. The average Bonchev–Trinajstić information content (AvgIpc) is 3.35. The fourth-order valence-electron chi connectivity index (χ4n) is 3.06. The maximum atomic E-state index is 13.5. The number of carbonyl (C=O) groups excluding carboxylic acids is 1. The highest BCUT2D eigenvalue weighted by Crippen LogP contribution is 2.33. The van der Waals surface area contributed by atoms with Crippen molar-refractivity contribution in [2.45, 2.75) is 13.5 Å². The molecule has 0 radical (unpaired) electrons. The number of rotatable bonds is 7. The number of hydrogen-bond donors (Lipinski definition) is 0. The molecule has 0 aliphatic rings. The van der Waals surface area contributed by atoms with Crippen LogP contribution in [0.3, 0.4) is 0 Å². The molecule has 30 heavy (non-hydrogen) atoms. The quantitative estimate of drug-likeness (QED) is 0.451.